The Bertz CT molecular complexity index is 483. The first-order valence-corrected chi connectivity index (χ1v) is 5.63. The summed E-state index contributed by atoms with van der Waals surface area (Å²) in [4.78, 5) is 4.40. The minimum absolute atomic E-state index is 0.0921. The molecule has 0 radical (unpaired) electrons. The van der Waals surface area contributed by atoms with E-state index in [1.54, 1.807) is 0 Å². The maximum absolute atomic E-state index is 8.97. The van der Waals surface area contributed by atoms with E-state index in [1.165, 1.54) is 0 Å². The number of rotatable bonds is 3. The Hall–Kier alpha value is -0.710. The molecule has 1 aromatic heterocycles. The largest absolute Gasteiger partial charge is 0.395 e. The summed E-state index contributed by atoms with van der Waals surface area (Å²) in [6, 6.07) is 5.55. The molecule has 0 saturated heterocycles. The van der Waals surface area contributed by atoms with Crippen molar-refractivity contribution >= 4 is 35.3 Å². The molecule has 0 spiro atoms. The molecule has 0 amide bonds. The van der Waals surface area contributed by atoms with E-state index in [2.05, 4.69) is 17.6 Å². The quantitative estimate of drug-likeness (QED) is 0.810. The number of aliphatic hydroxyl groups excluding tert-OH is 1. The Kier molecular flexibility index (Phi) is 3.19. The maximum atomic E-state index is 8.97. The van der Waals surface area contributed by atoms with Gasteiger partial charge in [-0.1, -0.05) is 11.6 Å². The normalized spacial score (nSPS) is 11.1. The van der Waals surface area contributed by atoms with Gasteiger partial charge in [-0.05, 0) is 18.2 Å². The summed E-state index contributed by atoms with van der Waals surface area (Å²) in [6.07, 6.45) is 0. The Morgan fingerprint density at radius 2 is 2.27 bits per heavy atom. The Morgan fingerprint density at radius 3 is 2.93 bits per heavy atom. The highest BCUT2D eigenvalue weighted by atomic mass is 35.5. The molecule has 0 unspecified atom stereocenters. The molecule has 1 heterocycles. The minimum Gasteiger partial charge on any atom is -0.395 e. The lowest BCUT2D eigenvalue weighted by molar-refractivity contribution is 0.276. The van der Waals surface area contributed by atoms with Crippen LogP contribution < -0.4 is 0 Å². The average molecular weight is 243 g/mol. The van der Waals surface area contributed by atoms with E-state index in [-0.39, 0.29) is 6.61 Å². The second-order valence-electron chi connectivity index (χ2n) is 3.19. The Morgan fingerprint density at radius 1 is 1.47 bits per heavy atom. The van der Waals surface area contributed by atoms with Gasteiger partial charge >= 0.3 is 0 Å². The first-order valence-electron chi connectivity index (χ1n) is 4.62. The predicted molar refractivity (Wildman–Crippen MR) is 64.5 cm³/mol. The van der Waals surface area contributed by atoms with E-state index in [9.17, 15) is 0 Å². The summed E-state index contributed by atoms with van der Waals surface area (Å²) >= 11 is 10.1. The van der Waals surface area contributed by atoms with Gasteiger partial charge in [-0.3, -0.25) is 0 Å². The number of aromatic nitrogens is 2. The van der Waals surface area contributed by atoms with Crippen LogP contribution in [0.5, 0.6) is 0 Å². The predicted octanol–water partition coefficient (Wildman–Crippen LogP) is 2.11. The van der Waals surface area contributed by atoms with E-state index in [1.807, 2.05) is 22.8 Å². The molecular formula is C10H11ClN2OS. The zero-order chi connectivity index (χ0) is 10.8. The molecule has 1 aromatic carbocycles. The third kappa shape index (κ3) is 1.97. The number of benzene rings is 1. The van der Waals surface area contributed by atoms with Crippen molar-refractivity contribution in [1.29, 1.82) is 0 Å². The second-order valence-corrected chi connectivity index (χ2v) is 3.95. The van der Waals surface area contributed by atoms with Gasteiger partial charge in [0.1, 0.15) is 5.82 Å². The van der Waals surface area contributed by atoms with Crippen LogP contribution in [0.3, 0.4) is 0 Å². The average Bonchev–Trinajstić information content (AvgIpc) is 2.56. The van der Waals surface area contributed by atoms with Crippen molar-refractivity contribution in [2.75, 3.05) is 6.61 Å². The van der Waals surface area contributed by atoms with Crippen LogP contribution in [0, 0.1) is 0 Å². The van der Waals surface area contributed by atoms with Gasteiger partial charge in [-0.2, -0.15) is 12.6 Å². The molecular weight excluding hydrogens is 232 g/mol. The summed E-state index contributed by atoms with van der Waals surface area (Å²) in [7, 11) is 0. The highest BCUT2D eigenvalue weighted by Gasteiger charge is 2.08. The lowest BCUT2D eigenvalue weighted by Gasteiger charge is -2.04. The molecule has 5 heteroatoms. The highest BCUT2D eigenvalue weighted by molar-refractivity contribution is 7.79. The molecule has 0 aliphatic carbocycles. The number of halogens is 1. The number of imidazole rings is 1. The molecule has 3 nitrogen and oxygen atoms in total. The molecule has 2 aromatic rings. The first kappa shape index (κ1) is 10.8. The number of thiol groups is 1. The third-order valence-electron chi connectivity index (χ3n) is 2.25. The van der Waals surface area contributed by atoms with Crippen molar-refractivity contribution in [2.24, 2.45) is 0 Å². The second kappa shape index (κ2) is 4.43. The molecule has 0 bridgehead atoms. The van der Waals surface area contributed by atoms with Crippen molar-refractivity contribution in [1.82, 2.24) is 9.55 Å². The van der Waals surface area contributed by atoms with E-state index in [0.29, 0.717) is 17.3 Å². The van der Waals surface area contributed by atoms with Gasteiger partial charge in [0.05, 0.1) is 17.6 Å². The summed E-state index contributed by atoms with van der Waals surface area (Å²) < 4.78 is 1.96. The molecule has 0 fully saturated rings. The number of hydrogen-bond acceptors (Lipinski definition) is 3. The van der Waals surface area contributed by atoms with Crippen molar-refractivity contribution in [3.8, 4) is 0 Å². The standard InChI is InChI=1S/C10H11ClN2OS/c11-7-1-2-9-8(5-7)12-10(6-15)13(9)3-4-14/h1-2,5,14-15H,3-4,6H2. The van der Waals surface area contributed by atoms with Crippen molar-refractivity contribution in [3.63, 3.8) is 0 Å². The molecule has 0 saturated carbocycles. The van der Waals surface area contributed by atoms with E-state index in [0.717, 1.165) is 16.9 Å². The van der Waals surface area contributed by atoms with Gasteiger partial charge in [0.15, 0.2) is 0 Å². The van der Waals surface area contributed by atoms with Gasteiger partial charge in [-0.15, -0.1) is 0 Å². The number of hydrogen-bond donors (Lipinski definition) is 2. The van der Waals surface area contributed by atoms with Crippen LogP contribution in [-0.2, 0) is 12.3 Å². The van der Waals surface area contributed by atoms with Gasteiger partial charge < -0.3 is 9.67 Å². The van der Waals surface area contributed by atoms with E-state index < -0.39 is 0 Å². The molecule has 2 rings (SSSR count). The lowest BCUT2D eigenvalue weighted by atomic mass is 10.3. The fourth-order valence-corrected chi connectivity index (χ4v) is 2.03. The highest BCUT2D eigenvalue weighted by Crippen LogP contribution is 2.21. The van der Waals surface area contributed by atoms with E-state index >= 15 is 0 Å². The SMILES string of the molecule is OCCn1c(CS)nc2cc(Cl)ccc21. The van der Waals surface area contributed by atoms with Crippen LogP contribution in [0.15, 0.2) is 18.2 Å². The molecule has 0 aliphatic rings. The van der Waals surface area contributed by atoms with Gasteiger partial charge in [0, 0.05) is 17.3 Å². The zero-order valence-electron chi connectivity index (χ0n) is 8.02. The molecule has 0 atom stereocenters. The monoisotopic (exact) mass is 242 g/mol. The summed E-state index contributed by atoms with van der Waals surface area (Å²) in [6.45, 7) is 0.628. The zero-order valence-corrected chi connectivity index (χ0v) is 9.67. The number of aliphatic hydroxyl groups is 1. The Balaban J connectivity index is 2.63. The summed E-state index contributed by atoms with van der Waals surface area (Å²) in [5, 5.41) is 9.64. The molecule has 0 aliphatic heterocycles. The lowest BCUT2D eigenvalue weighted by Crippen LogP contribution is -2.05. The molecule has 1 N–H and O–H groups in total. The third-order valence-corrected chi connectivity index (χ3v) is 2.77. The van der Waals surface area contributed by atoms with Crippen LogP contribution in [0.25, 0.3) is 11.0 Å². The topological polar surface area (TPSA) is 38.0 Å². The van der Waals surface area contributed by atoms with Crippen molar-refractivity contribution in [2.45, 2.75) is 12.3 Å². The fourth-order valence-electron chi connectivity index (χ4n) is 1.62. The molecule has 80 valence electrons. The smallest absolute Gasteiger partial charge is 0.119 e. The van der Waals surface area contributed by atoms with Crippen LogP contribution in [0.1, 0.15) is 5.82 Å². The minimum atomic E-state index is 0.0921. The van der Waals surface area contributed by atoms with Crippen molar-refractivity contribution < 1.29 is 5.11 Å². The summed E-state index contributed by atoms with van der Waals surface area (Å²) in [5.41, 5.74) is 1.83. The van der Waals surface area contributed by atoms with Crippen LogP contribution in [-0.4, -0.2) is 21.3 Å². The Labute approximate surface area is 98.1 Å². The maximum Gasteiger partial charge on any atom is 0.119 e. The van der Waals surface area contributed by atoms with Crippen LogP contribution in [0.4, 0.5) is 0 Å². The van der Waals surface area contributed by atoms with E-state index in [4.69, 9.17) is 16.7 Å². The summed E-state index contributed by atoms with van der Waals surface area (Å²) in [5.74, 6) is 1.40. The van der Waals surface area contributed by atoms with Gasteiger partial charge in [0.25, 0.3) is 0 Å². The number of fused-ring (bicyclic) bond motifs is 1. The van der Waals surface area contributed by atoms with Gasteiger partial charge in [-0.25, -0.2) is 4.98 Å². The van der Waals surface area contributed by atoms with Crippen molar-refractivity contribution in [3.05, 3.63) is 29.0 Å². The van der Waals surface area contributed by atoms with Crippen LogP contribution in [0.2, 0.25) is 5.02 Å². The first-order chi connectivity index (χ1) is 7.26. The molecule has 15 heavy (non-hydrogen) atoms. The van der Waals surface area contributed by atoms with Crippen LogP contribution >= 0.6 is 24.2 Å². The fraction of sp³-hybridized carbons (Fsp3) is 0.300. The van der Waals surface area contributed by atoms with Gasteiger partial charge in [0.2, 0.25) is 0 Å². The number of nitrogens with zero attached hydrogens (tertiary/aromatic N) is 2.